The number of esters is 1. The average Bonchev–Trinajstić information content (AvgIpc) is 2.25. The predicted octanol–water partition coefficient (Wildman–Crippen LogP) is 2.73. The van der Waals surface area contributed by atoms with Gasteiger partial charge >= 0.3 is 5.97 Å². The Kier molecular flexibility index (Phi) is 7.96. The smallest absolute Gasteiger partial charge is 0.305 e. The van der Waals surface area contributed by atoms with E-state index in [2.05, 4.69) is 11.7 Å². The van der Waals surface area contributed by atoms with Gasteiger partial charge in [0.15, 0.2) is 0 Å². The molecule has 88 valence electrons. The van der Waals surface area contributed by atoms with Crippen molar-refractivity contribution in [3.05, 3.63) is 0 Å². The van der Waals surface area contributed by atoms with Crippen LogP contribution in [-0.2, 0) is 14.3 Å². The molecule has 0 heterocycles. The number of carbonyl (C=O) groups is 2. The fraction of sp³-hybridized carbons (Fsp3) is 0.833. The molecule has 3 nitrogen and oxygen atoms in total. The molecular weight excluding hydrogens is 192 g/mol. The van der Waals surface area contributed by atoms with E-state index in [4.69, 9.17) is 0 Å². The van der Waals surface area contributed by atoms with Gasteiger partial charge in [0.25, 0.3) is 0 Å². The van der Waals surface area contributed by atoms with Gasteiger partial charge in [-0.2, -0.15) is 0 Å². The van der Waals surface area contributed by atoms with Crippen LogP contribution in [0.2, 0.25) is 0 Å². The van der Waals surface area contributed by atoms with Gasteiger partial charge in [-0.3, -0.25) is 9.59 Å². The quantitative estimate of drug-likeness (QED) is 0.461. The summed E-state index contributed by atoms with van der Waals surface area (Å²) in [6.07, 6.45) is 4.92. The van der Waals surface area contributed by atoms with E-state index in [1.807, 2.05) is 6.92 Å². The highest BCUT2D eigenvalue weighted by molar-refractivity contribution is 5.84. The molecule has 3 heteroatoms. The minimum Gasteiger partial charge on any atom is -0.469 e. The highest BCUT2D eigenvalue weighted by Crippen LogP contribution is 2.13. The Morgan fingerprint density at radius 3 is 2.40 bits per heavy atom. The highest BCUT2D eigenvalue weighted by Gasteiger charge is 2.13. The molecule has 0 aliphatic heterocycles. The number of Topliss-reactive ketones (excluding diaryl/α,β-unsaturated/α-hetero) is 1. The lowest BCUT2D eigenvalue weighted by atomic mass is 9.96. The Labute approximate surface area is 92.2 Å². The third-order valence-electron chi connectivity index (χ3n) is 2.59. The summed E-state index contributed by atoms with van der Waals surface area (Å²) in [4.78, 5) is 22.4. The molecule has 0 rings (SSSR count). The van der Waals surface area contributed by atoms with Crippen molar-refractivity contribution in [2.75, 3.05) is 7.11 Å². The zero-order valence-corrected chi connectivity index (χ0v) is 10.0. The lowest BCUT2D eigenvalue weighted by Gasteiger charge is -2.09. The van der Waals surface area contributed by atoms with Crippen molar-refractivity contribution in [2.45, 2.75) is 52.4 Å². The molecule has 0 saturated carbocycles. The molecule has 1 atom stereocenters. The zero-order valence-electron chi connectivity index (χ0n) is 10.0. The summed E-state index contributed by atoms with van der Waals surface area (Å²) in [5.74, 6) is -0.0400. The van der Waals surface area contributed by atoms with Crippen LogP contribution >= 0.6 is 0 Å². The maximum Gasteiger partial charge on any atom is 0.305 e. The van der Waals surface area contributed by atoms with E-state index in [-0.39, 0.29) is 24.1 Å². The number of ether oxygens (including phenoxy) is 1. The lowest BCUT2D eigenvalue weighted by Crippen LogP contribution is -2.13. The van der Waals surface area contributed by atoms with E-state index >= 15 is 0 Å². The van der Waals surface area contributed by atoms with Crippen LogP contribution in [0.5, 0.6) is 0 Å². The van der Waals surface area contributed by atoms with Gasteiger partial charge in [0.2, 0.25) is 0 Å². The number of carbonyl (C=O) groups excluding carboxylic acids is 2. The van der Waals surface area contributed by atoms with Crippen molar-refractivity contribution >= 4 is 11.8 Å². The maximum absolute atomic E-state index is 11.5. The topological polar surface area (TPSA) is 43.4 Å². The Balaban J connectivity index is 3.64. The fourth-order valence-electron chi connectivity index (χ4n) is 1.44. The van der Waals surface area contributed by atoms with E-state index < -0.39 is 0 Å². The molecular formula is C12H22O3. The van der Waals surface area contributed by atoms with Gasteiger partial charge in [-0.15, -0.1) is 0 Å². The van der Waals surface area contributed by atoms with Crippen LogP contribution in [-0.4, -0.2) is 18.9 Å². The van der Waals surface area contributed by atoms with Gasteiger partial charge in [-0.1, -0.05) is 33.1 Å². The fourth-order valence-corrected chi connectivity index (χ4v) is 1.44. The highest BCUT2D eigenvalue weighted by atomic mass is 16.5. The van der Waals surface area contributed by atoms with Gasteiger partial charge in [0.1, 0.15) is 5.78 Å². The van der Waals surface area contributed by atoms with Gasteiger partial charge in [0, 0.05) is 12.3 Å². The summed E-state index contributed by atoms with van der Waals surface area (Å²) in [7, 11) is 1.34. The van der Waals surface area contributed by atoms with E-state index in [0.29, 0.717) is 6.42 Å². The van der Waals surface area contributed by atoms with Crippen LogP contribution < -0.4 is 0 Å². The number of hydrogen-bond donors (Lipinski definition) is 0. The zero-order chi connectivity index (χ0) is 11.7. The van der Waals surface area contributed by atoms with Crippen molar-refractivity contribution in [3.63, 3.8) is 0 Å². The summed E-state index contributed by atoms with van der Waals surface area (Å²) in [6, 6.07) is 0. The normalized spacial score (nSPS) is 12.2. The minimum absolute atomic E-state index is 0.0845. The summed E-state index contributed by atoms with van der Waals surface area (Å²) in [5.41, 5.74) is 0. The van der Waals surface area contributed by atoms with Gasteiger partial charge < -0.3 is 4.74 Å². The Morgan fingerprint density at radius 1 is 1.20 bits per heavy atom. The van der Waals surface area contributed by atoms with Gasteiger partial charge in [0.05, 0.1) is 13.5 Å². The molecule has 15 heavy (non-hydrogen) atoms. The first kappa shape index (κ1) is 14.1. The number of methoxy groups -OCH3 is 1. The molecule has 0 aliphatic carbocycles. The first-order valence-corrected chi connectivity index (χ1v) is 5.71. The second kappa shape index (κ2) is 8.45. The monoisotopic (exact) mass is 214 g/mol. The molecule has 0 bridgehead atoms. The van der Waals surface area contributed by atoms with Gasteiger partial charge in [-0.05, 0) is 6.42 Å². The van der Waals surface area contributed by atoms with E-state index in [0.717, 1.165) is 12.8 Å². The van der Waals surface area contributed by atoms with E-state index in [1.165, 1.54) is 20.0 Å². The van der Waals surface area contributed by atoms with Crippen LogP contribution in [0.4, 0.5) is 0 Å². The van der Waals surface area contributed by atoms with E-state index in [1.54, 1.807) is 0 Å². The molecule has 0 radical (unpaired) electrons. The molecule has 0 spiro atoms. The van der Waals surface area contributed by atoms with Crippen LogP contribution in [0, 0.1) is 5.92 Å². The van der Waals surface area contributed by atoms with Crippen molar-refractivity contribution in [1.82, 2.24) is 0 Å². The molecule has 0 N–H and O–H groups in total. The van der Waals surface area contributed by atoms with Gasteiger partial charge in [-0.25, -0.2) is 0 Å². The third-order valence-corrected chi connectivity index (χ3v) is 2.59. The molecule has 0 aromatic rings. The molecule has 0 aromatic carbocycles. The summed E-state index contributed by atoms with van der Waals surface area (Å²) >= 11 is 0. The largest absolute Gasteiger partial charge is 0.469 e. The molecule has 0 fully saturated rings. The molecule has 1 unspecified atom stereocenters. The Hall–Kier alpha value is -0.860. The van der Waals surface area contributed by atoms with Crippen LogP contribution in [0.25, 0.3) is 0 Å². The molecule has 0 saturated heterocycles. The van der Waals surface area contributed by atoms with Crippen LogP contribution in [0.3, 0.4) is 0 Å². The van der Waals surface area contributed by atoms with Crippen molar-refractivity contribution in [3.8, 4) is 0 Å². The van der Waals surface area contributed by atoms with Crippen molar-refractivity contribution < 1.29 is 14.3 Å². The lowest BCUT2D eigenvalue weighted by molar-refractivity contribution is -0.142. The number of rotatable bonds is 8. The number of ketones is 1. The average molecular weight is 214 g/mol. The van der Waals surface area contributed by atoms with Crippen molar-refractivity contribution in [2.24, 2.45) is 5.92 Å². The third kappa shape index (κ3) is 7.11. The summed E-state index contributed by atoms with van der Waals surface area (Å²) in [5, 5.41) is 0. The van der Waals surface area contributed by atoms with Crippen LogP contribution in [0.1, 0.15) is 52.4 Å². The number of hydrogen-bond acceptors (Lipinski definition) is 3. The predicted molar refractivity (Wildman–Crippen MR) is 59.6 cm³/mol. The Morgan fingerprint density at radius 2 is 1.87 bits per heavy atom. The standard InChI is InChI=1S/C12H22O3/c1-4-5-6-7-10(2)11(13)8-9-12(14)15-3/h10H,4-9H2,1-3H3. The van der Waals surface area contributed by atoms with E-state index in [9.17, 15) is 9.59 Å². The van der Waals surface area contributed by atoms with Crippen LogP contribution in [0.15, 0.2) is 0 Å². The molecule has 0 amide bonds. The Bertz CT molecular complexity index is 199. The summed E-state index contributed by atoms with van der Waals surface area (Å²) < 4.78 is 4.49. The number of unbranched alkanes of at least 4 members (excludes halogenated alkanes) is 2. The van der Waals surface area contributed by atoms with Crippen molar-refractivity contribution in [1.29, 1.82) is 0 Å². The minimum atomic E-state index is -0.302. The second-order valence-corrected chi connectivity index (χ2v) is 3.94. The second-order valence-electron chi connectivity index (χ2n) is 3.94. The summed E-state index contributed by atoms with van der Waals surface area (Å²) in [6.45, 7) is 4.08. The SMILES string of the molecule is CCCCCC(C)C(=O)CCC(=O)OC. The molecule has 0 aliphatic rings. The first-order chi connectivity index (χ1) is 7.11. The first-order valence-electron chi connectivity index (χ1n) is 5.71. The maximum atomic E-state index is 11.5. The molecule has 0 aromatic heterocycles.